The average molecular weight is 203 g/mol. The topological polar surface area (TPSA) is 17.1 Å². The fourth-order valence-electron chi connectivity index (χ4n) is 0.830. The van der Waals surface area contributed by atoms with Crippen LogP contribution in [0.4, 0.5) is 8.78 Å². The van der Waals surface area contributed by atoms with Gasteiger partial charge in [0.1, 0.15) is 17.9 Å². The first-order valence-electron chi connectivity index (χ1n) is 3.41. The second kappa shape index (κ2) is 4.14. The molecule has 68 valence electrons. The molecule has 0 saturated heterocycles. The van der Waals surface area contributed by atoms with Gasteiger partial charge in [-0.05, 0) is 24.3 Å². The molecule has 0 saturated carbocycles. The van der Waals surface area contributed by atoms with Crippen LogP contribution in [0.1, 0.15) is 5.56 Å². The first kappa shape index (κ1) is 9.86. The van der Waals surface area contributed by atoms with Gasteiger partial charge in [0.05, 0.1) is 5.03 Å². The van der Waals surface area contributed by atoms with Gasteiger partial charge in [-0.25, -0.2) is 8.78 Å². The van der Waals surface area contributed by atoms with Gasteiger partial charge in [0.15, 0.2) is 0 Å². The average Bonchev–Trinajstić information content (AvgIpc) is 2.09. The molecule has 1 rings (SSSR count). The molecule has 13 heavy (non-hydrogen) atoms. The largest absolute Gasteiger partial charge is 0.299 e. The molecule has 1 aromatic carbocycles. The Balaban J connectivity index is 3.20. The van der Waals surface area contributed by atoms with E-state index in [9.17, 15) is 13.6 Å². The number of allylic oxidation sites excluding steroid dienone is 1. The van der Waals surface area contributed by atoms with Gasteiger partial charge in [-0.15, -0.1) is 0 Å². The Hall–Kier alpha value is -1.22. The molecule has 0 spiro atoms. The van der Waals surface area contributed by atoms with E-state index in [-0.39, 0.29) is 10.6 Å². The van der Waals surface area contributed by atoms with E-state index in [4.69, 9.17) is 11.6 Å². The Labute approximate surface area is 78.6 Å². The summed E-state index contributed by atoms with van der Waals surface area (Å²) < 4.78 is 25.5. The first-order chi connectivity index (χ1) is 6.15. The van der Waals surface area contributed by atoms with Gasteiger partial charge >= 0.3 is 0 Å². The van der Waals surface area contributed by atoms with Crippen molar-refractivity contribution in [1.82, 2.24) is 0 Å². The molecule has 0 radical (unpaired) electrons. The number of carbonyl (C=O) groups is 1. The summed E-state index contributed by atoms with van der Waals surface area (Å²) >= 11 is 5.51. The summed E-state index contributed by atoms with van der Waals surface area (Å²) in [6, 6.07) is 2.85. The van der Waals surface area contributed by atoms with Gasteiger partial charge < -0.3 is 0 Å². The zero-order chi connectivity index (χ0) is 9.84. The molecule has 0 N–H and O–H groups in total. The Kier molecular flexibility index (Phi) is 3.14. The lowest BCUT2D eigenvalue weighted by atomic mass is 10.2. The molecule has 0 aliphatic heterocycles. The van der Waals surface area contributed by atoms with Crippen LogP contribution >= 0.6 is 11.6 Å². The molecular weight excluding hydrogens is 198 g/mol. The van der Waals surface area contributed by atoms with E-state index < -0.39 is 11.6 Å². The Morgan fingerprint density at radius 3 is 2.69 bits per heavy atom. The lowest BCUT2D eigenvalue weighted by molar-refractivity contribution is -0.104. The summed E-state index contributed by atoms with van der Waals surface area (Å²) in [5.41, 5.74) is -0.117. The minimum absolute atomic E-state index is 0.117. The van der Waals surface area contributed by atoms with Crippen molar-refractivity contribution in [1.29, 1.82) is 0 Å². The summed E-state index contributed by atoms with van der Waals surface area (Å²) in [6.07, 6.45) is 1.37. The predicted molar refractivity (Wildman–Crippen MR) is 46.3 cm³/mol. The molecule has 0 aliphatic rings. The molecule has 0 amide bonds. The minimum Gasteiger partial charge on any atom is -0.299 e. The third kappa shape index (κ3) is 2.36. The van der Waals surface area contributed by atoms with Gasteiger partial charge in [-0.3, -0.25) is 4.79 Å². The van der Waals surface area contributed by atoms with E-state index in [1.165, 1.54) is 0 Å². The quantitative estimate of drug-likeness (QED) is 0.532. The van der Waals surface area contributed by atoms with Crippen LogP contribution in [0, 0.1) is 11.6 Å². The highest BCUT2D eigenvalue weighted by Gasteiger charge is 2.06. The lowest BCUT2D eigenvalue weighted by Gasteiger charge is -1.99. The monoisotopic (exact) mass is 202 g/mol. The third-order valence-corrected chi connectivity index (χ3v) is 1.73. The molecule has 1 nitrogen and oxygen atoms in total. The molecule has 1 aromatic rings. The van der Waals surface area contributed by atoms with Gasteiger partial charge in [0.25, 0.3) is 0 Å². The van der Waals surface area contributed by atoms with E-state index in [1.807, 2.05) is 0 Å². The highest BCUT2D eigenvalue weighted by molar-refractivity contribution is 6.49. The molecule has 4 heteroatoms. The van der Waals surface area contributed by atoms with Crippen LogP contribution in [0.5, 0.6) is 0 Å². The number of benzene rings is 1. The predicted octanol–water partition coefficient (Wildman–Crippen LogP) is 2.74. The normalized spacial score (nSPS) is 11.5. The zero-order valence-corrected chi connectivity index (χ0v) is 7.18. The van der Waals surface area contributed by atoms with Crippen LogP contribution in [0.3, 0.4) is 0 Å². The SMILES string of the molecule is O=C/C=C(\Cl)c1cc(F)ccc1F. The van der Waals surface area contributed by atoms with Crippen LogP contribution in [-0.2, 0) is 4.79 Å². The van der Waals surface area contributed by atoms with Crippen molar-refractivity contribution >= 4 is 22.9 Å². The summed E-state index contributed by atoms with van der Waals surface area (Å²) in [6.45, 7) is 0. The highest BCUT2D eigenvalue weighted by atomic mass is 35.5. The van der Waals surface area contributed by atoms with Gasteiger partial charge in [0.2, 0.25) is 0 Å². The van der Waals surface area contributed by atoms with Gasteiger partial charge in [-0.1, -0.05) is 11.6 Å². The van der Waals surface area contributed by atoms with Crippen molar-refractivity contribution in [3.05, 3.63) is 41.5 Å². The summed E-state index contributed by atoms with van der Waals surface area (Å²) in [4.78, 5) is 10.0. The van der Waals surface area contributed by atoms with E-state index >= 15 is 0 Å². The maximum Gasteiger partial charge on any atom is 0.144 e. The van der Waals surface area contributed by atoms with Gasteiger partial charge in [-0.2, -0.15) is 0 Å². The second-order valence-corrected chi connectivity index (χ2v) is 2.68. The van der Waals surface area contributed by atoms with E-state index in [0.717, 1.165) is 24.3 Å². The molecule has 0 atom stereocenters. The van der Waals surface area contributed by atoms with Gasteiger partial charge in [0, 0.05) is 5.56 Å². The number of rotatable bonds is 2. The molecule has 0 aromatic heterocycles. The molecule has 0 fully saturated rings. The Bertz CT molecular complexity index is 361. The number of aldehydes is 1. The molecule has 0 aliphatic carbocycles. The number of hydrogen-bond acceptors (Lipinski definition) is 1. The molecular formula is C9H5ClF2O. The van der Waals surface area contributed by atoms with Crippen molar-refractivity contribution in [3.8, 4) is 0 Å². The Morgan fingerprint density at radius 1 is 1.38 bits per heavy atom. The van der Waals surface area contributed by atoms with Crippen LogP contribution < -0.4 is 0 Å². The number of hydrogen-bond donors (Lipinski definition) is 0. The van der Waals surface area contributed by atoms with E-state index in [0.29, 0.717) is 6.29 Å². The van der Waals surface area contributed by atoms with Crippen molar-refractivity contribution in [2.75, 3.05) is 0 Å². The van der Waals surface area contributed by atoms with Crippen molar-refractivity contribution in [3.63, 3.8) is 0 Å². The summed E-state index contributed by atoms with van der Waals surface area (Å²) in [5.74, 6) is -1.27. The fraction of sp³-hybridized carbons (Fsp3) is 0. The second-order valence-electron chi connectivity index (χ2n) is 2.27. The standard InChI is InChI=1S/C9H5ClF2O/c10-8(3-4-13)7-5-6(11)1-2-9(7)12/h1-5H/b8-3-. The van der Waals surface area contributed by atoms with Crippen LogP contribution in [0.25, 0.3) is 5.03 Å². The maximum absolute atomic E-state index is 12.9. The molecule has 0 unspecified atom stereocenters. The number of carbonyl (C=O) groups excluding carboxylic acids is 1. The zero-order valence-electron chi connectivity index (χ0n) is 6.43. The van der Waals surface area contributed by atoms with Crippen molar-refractivity contribution < 1.29 is 13.6 Å². The Morgan fingerprint density at radius 2 is 2.08 bits per heavy atom. The maximum atomic E-state index is 12.9. The summed E-state index contributed by atoms with van der Waals surface area (Å²) in [5, 5.41) is -0.119. The van der Waals surface area contributed by atoms with Crippen LogP contribution in [-0.4, -0.2) is 6.29 Å². The number of halogens is 3. The van der Waals surface area contributed by atoms with Crippen LogP contribution in [0.2, 0.25) is 0 Å². The van der Waals surface area contributed by atoms with E-state index in [1.54, 1.807) is 0 Å². The molecule has 0 bridgehead atoms. The summed E-state index contributed by atoms with van der Waals surface area (Å²) in [7, 11) is 0. The third-order valence-electron chi connectivity index (χ3n) is 1.40. The fourth-order valence-corrected chi connectivity index (χ4v) is 1.03. The highest BCUT2D eigenvalue weighted by Crippen LogP contribution is 2.22. The van der Waals surface area contributed by atoms with Crippen molar-refractivity contribution in [2.45, 2.75) is 0 Å². The van der Waals surface area contributed by atoms with Crippen molar-refractivity contribution in [2.24, 2.45) is 0 Å². The smallest absolute Gasteiger partial charge is 0.144 e. The first-order valence-corrected chi connectivity index (χ1v) is 3.79. The minimum atomic E-state index is -0.662. The van der Waals surface area contributed by atoms with E-state index in [2.05, 4.69) is 0 Å². The van der Waals surface area contributed by atoms with Crippen LogP contribution in [0.15, 0.2) is 24.3 Å². The lowest BCUT2D eigenvalue weighted by Crippen LogP contribution is -1.87. The molecule has 0 heterocycles.